The molecule has 1 amide bonds. The van der Waals surface area contributed by atoms with Gasteiger partial charge in [0.05, 0.1) is 22.1 Å². The van der Waals surface area contributed by atoms with E-state index < -0.39 is 0 Å². The van der Waals surface area contributed by atoms with Crippen LogP contribution in [0.4, 0.5) is 5.13 Å². The summed E-state index contributed by atoms with van der Waals surface area (Å²) in [7, 11) is 1.66. The molecule has 1 saturated heterocycles. The molecule has 0 radical (unpaired) electrons. The van der Waals surface area contributed by atoms with Crippen LogP contribution in [0.15, 0.2) is 9.98 Å². The summed E-state index contributed by atoms with van der Waals surface area (Å²) in [6, 6.07) is -0.187. The Morgan fingerprint density at radius 1 is 1.81 bits per heavy atom. The number of anilines is 1. The highest BCUT2D eigenvalue weighted by Crippen LogP contribution is 2.23. The Labute approximate surface area is 106 Å². The lowest BCUT2D eigenvalue weighted by molar-refractivity contribution is -0.118. The number of halogens is 1. The number of ether oxygens (including phenoxy) is 1. The lowest BCUT2D eigenvalue weighted by Gasteiger charge is -2.08. The first-order chi connectivity index (χ1) is 7.69. The summed E-state index contributed by atoms with van der Waals surface area (Å²) in [5, 5.41) is 6.49. The van der Waals surface area contributed by atoms with E-state index in [1.807, 2.05) is 0 Å². The Bertz CT molecular complexity index is 385. The molecule has 2 atom stereocenters. The molecular weight excluding hydrogens is 294 g/mol. The van der Waals surface area contributed by atoms with Gasteiger partial charge < -0.3 is 15.4 Å². The summed E-state index contributed by atoms with van der Waals surface area (Å²) < 4.78 is 6.08. The monoisotopic (exact) mass is 305 g/mol. The molecule has 2 heterocycles. The number of hydrogen-bond donors (Lipinski definition) is 2. The van der Waals surface area contributed by atoms with Gasteiger partial charge in [-0.2, -0.15) is 0 Å². The Morgan fingerprint density at radius 2 is 2.62 bits per heavy atom. The average molecular weight is 306 g/mol. The van der Waals surface area contributed by atoms with Crippen LogP contribution in [0.2, 0.25) is 0 Å². The maximum atomic E-state index is 11.8. The molecule has 0 spiro atoms. The number of rotatable bonds is 3. The second-order valence-electron chi connectivity index (χ2n) is 3.51. The van der Waals surface area contributed by atoms with Gasteiger partial charge in [0.2, 0.25) is 5.91 Å². The van der Waals surface area contributed by atoms with E-state index in [0.717, 1.165) is 10.3 Å². The Balaban J connectivity index is 1.89. The quantitative estimate of drug-likeness (QED) is 0.881. The zero-order valence-electron chi connectivity index (χ0n) is 8.70. The summed E-state index contributed by atoms with van der Waals surface area (Å²) in [6.07, 6.45) is 2.49. The van der Waals surface area contributed by atoms with Crippen molar-refractivity contribution in [3.8, 4) is 0 Å². The maximum Gasteiger partial charge on any atom is 0.243 e. The summed E-state index contributed by atoms with van der Waals surface area (Å²) in [5.41, 5.74) is 0. The van der Waals surface area contributed by atoms with E-state index in [0.29, 0.717) is 11.6 Å². The van der Waals surface area contributed by atoms with Gasteiger partial charge in [-0.25, -0.2) is 4.98 Å². The van der Waals surface area contributed by atoms with E-state index >= 15 is 0 Å². The predicted molar refractivity (Wildman–Crippen MR) is 65.6 cm³/mol. The first kappa shape index (κ1) is 12.0. The van der Waals surface area contributed by atoms with Gasteiger partial charge in [0.15, 0.2) is 5.13 Å². The summed E-state index contributed by atoms with van der Waals surface area (Å²) in [5.74, 6) is -0.0543. The van der Waals surface area contributed by atoms with Crippen LogP contribution in [0.5, 0.6) is 0 Å². The number of amides is 1. The van der Waals surface area contributed by atoms with Gasteiger partial charge in [-0.05, 0) is 22.4 Å². The van der Waals surface area contributed by atoms with Crippen molar-refractivity contribution in [3.63, 3.8) is 0 Å². The van der Waals surface area contributed by atoms with Crippen LogP contribution in [0.3, 0.4) is 0 Å². The highest BCUT2D eigenvalue weighted by atomic mass is 79.9. The first-order valence-electron chi connectivity index (χ1n) is 4.87. The molecule has 7 heteroatoms. The van der Waals surface area contributed by atoms with Crippen LogP contribution in [-0.4, -0.2) is 36.7 Å². The molecule has 0 saturated carbocycles. The molecule has 1 fully saturated rings. The zero-order valence-corrected chi connectivity index (χ0v) is 11.1. The summed E-state index contributed by atoms with van der Waals surface area (Å²) in [4.78, 5) is 15.9. The second-order valence-corrected chi connectivity index (χ2v) is 5.92. The molecule has 16 heavy (non-hydrogen) atoms. The van der Waals surface area contributed by atoms with E-state index in [9.17, 15) is 4.79 Å². The third-order valence-electron chi connectivity index (χ3n) is 2.45. The fourth-order valence-electron chi connectivity index (χ4n) is 1.59. The molecule has 1 aliphatic rings. The zero-order chi connectivity index (χ0) is 11.5. The number of nitrogens with one attached hydrogen (secondary N) is 2. The lowest BCUT2D eigenvalue weighted by Crippen LogP contribution is -2.35. The van der Waals surface area contributed by atoms with Crippen LogP contribution in [0.25, 0.3) is 0 Å². The number of methoxy groups -OCH3 is 1. The van der Waals surface area contributed by atoms with E-state index in [-0.39, 0.29) is 18.1 Å². The van der Waals surface area contributed by atoms with Gasteiger partial charge in [-0.1, -0.05) is 11.3 Å². The number of hydrogen-bond acceptors (Lipinski definition) is 5. The minimum atomic E-state index is -0.187. The molecule has 0 aliphatic carbocycles. The molecule has 88 valence electrons. The third kappa shape index (κ3) is 2.79. The normalized spacial score (nSPS) is 24.6. The van der Waals surface area contributed by atoms with Crippen molar-refractivity contribution >= 4 is 38.3 Å². The molecule has 0 aromatic carbocycles. The van der Waals surface area contributed by atoms with Gasteiger partial charge in [-0.15, -0.1) is 0 Å². The van der Waals surface area contributed by atoms with Gasteiger partial charge in [0.25, 0.3) is 0 Å². The molecule has 1 aromatic rings. The van der Waals surface area contributed by atoms with Crippen molar-refractivity contribution in [2.45, 2.75) is 18.6 Å². The average Bonchev–Trinajstić information content (AvgIpc) is 2.87. The third-order valence-corrected chi connectivity index (χ3v) is 3.84. The second kappa shape index (κ2) is 5.22. The summed E-state index contributed by atoms with van der Waals surface area (Å²) in [6.45, 7) is 0.718. The maximum absolute atomic E-state index is 11.8. The number of aromatic nitrogens is 1. The van der Waals surface area contributed by atoms with Crippen molar-refractivity contribution in [2.75, 3.05) is 19.0 Å². The molecule has 1 aliphatic heterocycles. The van der Waals surface area contributed by atoms with Crippen LogP contribution in [0, 0.1) is 0 Å². The van der Waals surface area contributed by atoms with Gasteiger partial charge in [0.1, 0.15) is 0 Å². The van der Waals surface area contributed by atoms with Crippen molar-refractivity contribution in [3.05, 3.63) is 9.98 Å². The lowest BCUT2D eigenvalue weighted by atomic mass is 10.2. The van der Waals surface area contributed by atoms with Crippen LogP contribution >= 0.6 is 27.3 Å². The Kier molecular flexibility index (Phi) is 3.91. The Hall–Kier alpha value is -0.500. The molecule has 5 nitrogen and oxygen atoms in total. The Morgan fingerprint density at radius 3 is 3.19 bits per heavy atom. The van der Waals surface area contributed by atoms with E-state index in [1.165, 1.54) is 11.3 Å². The van der Waals surface area contributed by atoms with Crippen molar-refractivity contribution in [1.82, 2.24) is 10.3 Å². The van der Waals surface area contributed by atoms with Crippen molar-refractivity contribution < 1.29 is 9.53 Å². The molecule has 2 N–H and O–H groups in total. The van der Waals surface area contributed by atoms with Gasteiger partial charge in [0, 0.05) is 13.7 Å². The standard InChI is InChI=1S/C9H12BrN3O2S/c1-15-5-2-6(11-3-5)8(14)13-9-12-4-7(10)16-9/h4-6,11H,2-3H2,1H3,(H,12,13,14). The van der Waals surface area contributed by atoms with Crippen molar-refractivity contribution in [2.24, 2.45) is 0 Å². The molecule has 0 bridgehead atoms. The summed E-state index contributed by atoms with van der Waals surface area (Å²) >= 11 is 4.69. The first-order valence-corrected chi connectivity index (χ1v) is 6.48. The van der Waals surface area contributed by atoms with Gasteiger partial charge in [-0.3, -0.25) is 4.79 Å². The van der Waals surface area contributed by atoms with Crippen LogP contribution in [-0.2, 0) is 9.53 Å². The fourth-order valence-corrected chi connectivity index (χ4v) is 2.70. The SMILES string of the molecule is COC1CNC(C(=O)Nc2ncc(Br)s2)C1. The number of nitrogens with zero attached hydrogens (tertiary/aromatic N) is 1. The minimum absolute atomic E-state index is 0.0543. The highest BCUT2D eigenvalue weighted by molar-refractivity contribution is 9.11. The molecule has 1 aromatic heterocycles. The number of carbonyl (C=O) groups is 1. The molecule has 2 rings (SSSR count). The van der Waals surface area contributed by atoms with Gasteiger partial charge >= 0.3 is 0 Å². The van der Waals surface area contributed by atoms with Crippen LogP contribution in [0.1, 0.15) is 6.42 Å². The van der Waals surface area contributed by atoms with E-state index in [2.05, 4.69) is 31.5 Å². The molecule has 2 unspecified atom stereocenters. The van der Waals surface area contributed by atoms with Crippen molar-refractivity contribution in [1.29, 1.82) is 0 Å². The number of carbonyl (C=O) groups excluding carboxylic acids is 1. The molecular formula is C9H12BrN3O2S. The minimum Gasteiger partial charge on any atom is -0.380 e. The largest absolute Gasteiger partial charge is 0.380 e. The topological polar surface area (TPSA) is 63.2 Å². The highest BCUT2D eigenvalue weighted by Gasteiger charge is 2.29. The predicted octanol–water partition coefficient (Wildman–Crippen LogP) is 1.22. The fraction of sp³-hybridized carbons (Fsp3) is 0.556. The number of thiazole rings is 1. The van der Waals surface area contributed by atoms with Crippen LogP contribution < -0.4 is 10.6 Å². The van der Waals surface area contributed by atoms with E-state index in [4.69, 9.17) is 4.74 Å². The van der Waals surface area contributed by atoms with E-state index in [1.54, 1.807) is 13.3 Å². The smallest absolute Gasteiger partial charge is 0.243 e.